The zero-order chi connectivity index (χ0) is 17.1. The molecule has 0 radical (unpaired) electrons. The molecule has 6 heteroatoms. The van der Waals surface area contributed by atoms with Gasteiger partial charge in [-0.15, -0.1) is 0 Å². The summed E-state index contributed by atoms with van der Waals surface area (Å²) in [6.07, 6.45) is 7.73. The van der Waals surface area contributed by atoms with Crippen molar-refractivity contribution in [3.8, 4) is 11.3 Å². The molecule has 1 N–H and O–H groups in total. The van der Waals surface area contributed by atoms with Gasteiger partial charge in [0.15, 0.2) is 5.65 Å². The van der Waals surface area contributed by atoms with Gasteiger partial charge in [-0.2, -0.15) is 9.61 Å². The summed E-state index contributed by atoms with van der Waals surface area (Å²) in [6, 6.07) is 14.3. The Labute approximate surface area is 145 Å². The van der Waals surface area contributed by atoms with Gasteiger partial charge in [0.05, 0.1) is 17.6 Å². The number of hydrogen-bond acceptors (Lipinski definition) is 5. The molecule has 124 valence electrons. The van der Waals surface area contributed by atoms with Crippen LogP contribution in [0.25, 0.3) is 16.9 Å². The van der Waals surface area contributed by atoms with Crippen LogP contribution in [0.5, 0.6) is 0 Å². The molecule has 4 rings (SSSR count). The van der Waals surface area contributed by atoms with Gasteiger partial charge in [0.2, 0.25) is 0 Å². The number of benzene rings is 1. The van der Waals surface area contributed by atoms with E-state index in [4.69, 9.17) is 4.98 Å². The zero-order valence-corrected chi connectivity index (χ0v) is 13.9. The highest BCUT2D eigenvalue weighted by Gasteiger charge is 2.11. The Morgan fingerprint density at radius 1 is 1.08 bits per heavy atom. The third-order valence-electron chi connectivity index (χ3n) is 3.96. The minimum absolute atomic E-state index is 0.176. The van der Waals surface area contributed by atoms with Gasteiger partial charge in [-0.1, -0.05) is 30.3 Å². The predicted octanol–water partition coefficient (Wildman–Crippen LogP) is 3.23. The number of fused-ring (bicyclic) bond motifs is 1. The Morgan fingerprint density at radius 2 is 1.96 bits per heavy atom. The van der Waals surface area contributed by atoms with E-state index in [-0.39, 0.29) is 6.04 Å². The van der Waals surface area contributed by atoms with Crippen molar-refractivity contribution in [2.24, 2.45) is 0 Å². The highest BCUT2D eigenvalue weighted by Crippen LogP contribution is 2.22. The number of anilines is 1. The summed E-state index contributed by atoms with van der Waals surface area (Å²) >= 11 is 0. The largest absolute Gasteiger partial charge is 0.367 e. The van der Waals surface area contributed by atoms with Crippen molar-refractivity contribution in [2.75, 3.05) is 5.32 Å². The maximum absolute atomic E-state index is 4.70. The van der Waals surface area contributed by atoms with Crippen molar-refractivity contribution < 1.29 is 0 Å². The quantitative estimate of drug-likeness (QED) is 0.608. The molecule has 0 saturated heterocycles. The Bertz CT molecular complexity index is 965. The van der Waals surface area contributed by atoms with Crippen LogP contribution in [0.3, 0.4) is 0 Å². The molecule has 4 aromatic rings. The van der Waals surface area contributed by atoms with Crippen LogP contribution in [0.4, 0.5) is 5.82 Å². The molecule has 0 saturated carbocycles. The van der Waals surface area contributed by atoms with E-state index in [1.807, 2.05) is 34.8 Å². The molecule has 25 heavy (non-hydrogen) atoms. The molecule has 0 aliphatic carbocycles. The summed E-state index contributed by atoms with van der Waals surface area (Å²) in [7, 11) is 0. The highest BCUT2D eigenvalue weighted by molar-refractivity contribution is 5.66. The van der Waals surface area contributed by atoms with Crippen LogP contribution in [0.1, 0.15) is 12.6 Å². The normalized spacial score (nSPS) is 12.2. The van der Waals surface area contributed by atoms with Crippen molar-refractivity contribution >= 4 is 11.5 Å². The summed E-state index contributed by atoms with van der Waals surface area (Å²) in [4.78, 5) is 13.2. The number of nitrogens with zero attached hydrogens (tertiary/aromatic N) is 5. The minimum Gasteiger partial charge on any atom is -0.367 e. The van der Waals surface area contributed by atoms with Crippen LogP contribution in [0, 0.1) is 0 Å². The average Bonchev–Trinajstić information content (AvgIpc) is 3.12. The first-order chi connectivity index (χ1) is 12.3. The molecule has 0 aliphatic heterocycles. The lowest BCUT2D eigenvalue weighted by Crippen LogP contribution is -2.21. The fourth-order valence-electron chi connectivity index (χ4n) is 2.83. The number of hydrogen-bond donors (Lipinski definition) is 1. The Morgan fingerprint density at radius 3 is 2.76 bits per heavy atom. The van der Waals surface area contributed by atoms with Crippen molar-refractivity contribution in [3.05, 3.63) is 72.9 Å². The summed E-state index contributed by atoms with van der Waals surface area (Å²) in [6.45, 7) is 2.12. The molecule has 0 aliphatic rings. The number of nitrogens with one attached hydrogen (secondary N) is 1. The van der Waals surface area contributed by atoms with Gasteiger partial charge in [0.25, 0.3) is 0 Å². The third-order valence-corrected chi connectivity index (χ3v) is 3.96. The van der Waals surface area contributed by atoms with Crippen LogP contribution < -0.4 is 5.32 Å². The fraction of sp³-hybridized carbons (Fsp3) is 0.158. The first kappa shape index (κ1) is 15.3. The molecule has 0 amide bonds. The Balaban J connectivity index is 1.65. The lowest BCUT2D eigenvalue weighted by Gasteiger charge is -2.16. The van der Waals surface area contributed by atoms with E-state index >= 15 is 0 Å². The van der Waals surface area contributed by atoms with E-state index in [1.54, 1.807) is 24.8 Å². The van der Waals surface area contributed by atoms with E-state index < -0.39 is 0 Å². The summed E-state index contributed by atoms with van der Waals surface area (Å²) in [5, 5.41) is 7.90. The minimum atomic E-state index is 0.176. The SMILES string of the molecule is C[C@H](Cc1cnccn1)Nc1cc(-c2ccccc2)nc2ccnn12. The van der Waals surface area contributed by atoms with Gasteiger partial charge in [0, 0.05) is 48.7 Å². The molecule has 0 bridgehead atoms. The van der Waals surface area contributed by atoms with Crippen LogP contribution in [0.2, 0.25) is 0 Å². The molecule has 0 spiro atoms. The zero-order valence-electron chi connectivity index (χ0n) is 13.9. The van der Waals surface area contributed by atoms with E-state index in [0.717, 1.165) is 34.8 Å². The van der Waals surface area contributed by atoms with Gasteiger partial charge in [-0.25, -0.2) is 4.98 Å². The average molecular weight is 330 g/mol. The molecule has 0 fully saturated rings. The molecular formula is C19H18N6. The van der Waals surface area contributed by atoms with E-state index in [2.05, 4.69) is 39.4 Å². The van der Waals surface area contributed by atoms with Crippen molar-refractivity contribution in [1.82, 2.24) is 24.6 Å². The van der Waals surface area contributed by atoms with E-state index in [0.29, 0.717) is 0 Å². The molecule has 1 aromatic carbocycles. The molecular weight excluding hydrogens is 312 g/mol. The summed E-state index contributed by atoms with van der Waals surface area (Å²) in [5.74, 6) is 0.908. The smallest absolute Gasteiger partial charge is 0.157 e. The summed E-state index contributed by atoms with van der Waals surface area (Å²) in [5.41, 5.74) is 3.77. The van der Waals surface area contributed by atoms with Crippen molar-refractivity contribution in [2.45, 2.75) is 19.4 Å². The second kappa shape index (κ2) is 6.68. The van der Waals surface area contributed by atoms with E-state index in [9.17, 15) is 0 Å². The molecule has 1 atom stereocenters. The fourth-order valence-corrected chi connectivity index (χ4v) is 2.83. The Kier molecular flexibility index (Phi) is 4.08. The standard InChI is InChI=1S/C19H18N6/c1-14(11-16-13-20-9-10-21-16)23-19-12-17(15-5-3-2-4-6-15)24-18-7-8-22-25(18)19/h2-10,12-14,23H,11H2,1H3/t14-/m1/s1. The van der Waals surface area contributed by atoms with Crippen LogP contribution >= 0.6 is 0 Å². The third kappa shape index (κ3) is 3.33. The monoisotopic (exact) mass is 330 g/mol. The van der Waals surface area contributed by atoms with Crippen LogP contribution in [-0.2, 0) is 6.42 Å². The second-order valence-electron chi connectivity index (χ2n) is 5.94. The molecule has 6 nitrogen and oxygen atoms in total. The van der Waals surface area contributed by atoms with Gasteiger partial charge >= 0.3 is 0 Å². The predicted molar refractivity (Wildman–Crippen MR) is 97.2 cm³/mol. The lowest BCUT2D eigenvalue weighted by molar-refractivity contribution is 0.750. The molecule has 3 heterocycles. The Hall–Kier alpha value is -3.28. The number of rotatable bonds is 5. The topological polar surface area (TPSA) is 68.0 Å². The first-order valence-corrected chi connectivity index (χ1v) is 8.21. The molecule has 0 unspecified atom stereocenters. The summed E-state index contributed by atoms with van der Waals surface area (Å²) < 4.78 is 1.82. The first-order valence-electron chi connectivity index (χ1n) is 8.21. The van der Waals surface area contributed by atoms with Gasteiger partial charge in [-0.3, -0.25) is 9.97 Å². The van der Waals surface area contributed by atoms with Crippen molar-refractivity contribution in [1.29, 1.82) is 0 Å². The van der Waals surface area contributed by atoms with Crippen molar-refractivity contribution in [3.63, 3.8) is 0 Å². The van der Waals surface area contributed by atoms with Crippen LogP contribution in [-0.4, -0.2) is 30.6 Å². The lowest BCUT2D eigenvalue weighted by atomic mass is 10.1. The maximum Gasteiger partial charge on any atom is 0.157 e. The number of aromatic nitrogens is 5. The van der Waals surface area contributed by atoms with Gasteiger partial charge in [0.1, 0.15) is 5.82 Å². The van der Waals surface area contributed by atoms with Gasteiger partial charge in [-0.05, 0) is 6.92 Å². The second-order valence-corrected chi connectivity index (χ2v) is 5.94. The maximum atomic E-state index is 4.70. The van der Waals surface area contributed by atoms with Gasteiger partial charge < -0.3 is 5.32 Å². The molecule has 3 aromatic heterocycles. The highest BCUT2D eigenvalue weighted by atomic mass is 15.3. The van der Waals surface area contributed by atoms with Crippen LogP contribution in [0.15, 0.2) is 67.3 Å². The van der Waals surface area contributed by atoms with E-state index in [1.165, 1.54) is 0 Å².